The van der Waals surface area contributed by atoms with Crippen LogP contribution in [0.4, 0.5) is 5.69 Å². The molecule has 6 nitrogen and oxygen atoms in total. The van der Waals surface area contributed by atoms with Crippen molar-refractivity contribution in [2.45, 2.75) is 0 Å². The van der Waals surface area contributed by atoms with Crippen LogP contribution in [0.1, 0.15) is 5.56 Å². The van der Waals surface area contributed by atoms with Crippen LogP contribution in [-0.2, 0) is 9.59 Å². The minimum Gasteiger partial charge on any atom is -0.496 e. The normalized spacial score (nSPS) is 15.5. The minimum atomic E-state index is -0.545. The van der Waals surface area contributed by atoms with E-state index < -0.39 is 11.8 Å². The molecular weight excluding hydrogens is 400 g/mol. The third-order valence-electron chi connectivity index (χ3n) is 4.87. The Morgan fingerprint density at radius 1 is 0.867 bits per heavy atom. The Hall–Kier alpha value is -3.71. The Kier molecular flexibility index (Phi) is 5.20. The molecule has 1 saturated heterocycles. The number of amides is 2. The topological polar surface area (TPSA) is 67.9 Å². The van der Waals surface area contributed by atoms with Gasteiger partial charge in [0.1, 0.15) is 17.1 Å². The number of nitrogens with one attached hydrogen (secondary N) is 1. The number of nitrogens with zero attached hydrogens (tertiary/aromatic N) is 1. The molecule has 1 N–H and O–H groups in total. The molecule has 2 amide bonds. The lowest BCUT2D eigenvalue weighted by Crippen LogP contribution is -2.54. The molecule has 0 unspecified atom stereocenters. The van der Waals surface area contributed by atoms with Crippen LogP contribution in [0.5, 0.6) is 11.5 Å². The van der Waals surface area contributed by atoms with Crippen LogP contribution in [0.15, 0.2) is 66.2 Å². The standard InChI is InChI=1S/C23H18N2O4S/c1-28-19-12-11-14(15-7-3-4-8-16(15)19)13-17-21(26)24-23(30)25(22(17)27)18-9-5-6-10-20(18)29-2/h3-13H,1-2H3,(H,24,26,30)/b17-13+. The van der Waals surface area contributed by atoms with E-state index in [0.717, 1.165) is 16.3 Å². The first kappa shape index (κ1) is 19.6. The maximum atomic E-state index is 13.3. The third-order valence-corrected chi connectivity index (χ3v) is 5.15. The highest BCUT2D eigenvalue weighted by Crippen LogP contribution is 2.33. The van der Waals surface area contributed by atoms with Crippen molar-refractivity contribution in [2.24, 2.45) is 0 Å². The van der Waals surface area contributed by atoms with Crippen LogP contribution in [0, 0.1) is 0 Å². The fraction of sp³-hybridized carbons (Fsp3) is 0.0870. The maximum absolute atomic E-state index is 13.3. The van der Waals surface area contributed by atoms with Gasteiger partial charge in [-0.25, -0.2) is 4.90 Å². The first-order valence-electron chi connectivity index (χ1n) is 9.15. The van der Waals surface area contributed by atoms with Crippen LogP contribution in [0.2, 0.25) is 0 Å². The van der Waals surface area contributed by atoms with Crippen LogP contribution in [0.3, 0.4) is 0 Å². The molecule has 0 spiro atoms. The number of hydrogen-bond acceptors (Lipinski definition) is 5. The molecule has 1 fully saturated rings. The lowest BCUT2D eigenvalue weighted by atomic mass is 10.00. The van der Waals surface area contributed by atoms with Gasteiger partial charge in [-0.15, -0.1) is 0 Å². The summed E-state index contributed by atoms with van der Waals surface area (Å²) in [5, 5.41) is 4.35. The van der Waals surface area contributed by atoms with E-state index in [-0.39, 0.29) is 10.7 Å². The second-order valence-electron chi connectivity index (χ2n) is 6.53. The van der Waals surface area contributed by atoms with Gasteiger partial charge in [0.15, 0.2) is 5.11 Å². The lowest BCUT2D eigenvalue weighted by Gasteiger charge is -2.29. The Morgan fingerprint density at radius 3 is 2.27 bits per heavy atom. The second-order valence-corrected chi connectivity index (χ2v) is 6.92. The van der Waals surface area contributed by atoms with Crippen LogP contribution >= 0.6 is 12.2 Å². The number of carbonyl (C=O) groups excluding carboxylic acids is 2. The van der Waals surface area contributed by atoms with E-state index >= 15 is 0 Å². The Balaban J connectivity index is 1.84. The molecule has 3 aromatic rings. The Morgan fingerprint density at radius 2 is 1.53 bits per heavy atom. The van der Waals surface area contributed by atoms with E-state index in [4.69, 9.17) is 21.7 Å². The molecule has 7 heteroatoms. The molecule has 0 aliphatic carbocycles. The van der Waals surface area contributed by atoms with Crippen molar-refractivity contribution in [3.8, 4) is 11.5 Å². The summed E-state index contributed by atoms with van der Waals surface area (Å²) in [5.41, 5.74) is 1.16. The van der Waals surface area contributed by atoms with Crippen molar-refractivity contribution in [1.29, 1.82) is 0 Å². The Labute approximate surface area is 178 Å². The fourth-order valence-electron chi connectivity index (χ4n) is 3.44. The fourth-order valence-corrected chi connectivity index (χ4v) is 3.72. The summed E-state index contributed by atoms with van der Waals surface area (Å²) >= 11 is 5.27. The monoisotopic (exact) mass is 418 g/mol. The molecule has 4 rings (SSSR count). The van der Waals surface area contributed by atoms with Crippen molar-refractivity contribution in [3.63, 3.8) is 0 Å². The van der Waals surface area contributed by atoms with Gasteiger partial charge in [-0.3, -0.25) is 14.9 Å². The number of rotatable bonds is 4. The van der Waals surface area contributed by atoms with Crippen molar-refractivity contribution >= 4 is 51.7 Å². The molecule has 3 aromatic carbocycles. The summed E-state index contributed by atoms with van der Waals surface area (Å²) in [7, 11) is 3.11. The highest BCUT2D eigenvalue weighted by Gasteiger charge is 2.35. The van der Waals surface area contributed by atoms with Gasteiger partial charge in [0, 0.05) is 5.39 Å². The summed E-state index contributed by atoms with van der Waals surface area (Å²) in [5.74, 6) is 0.117. The molecule has 1 aliphatic rings. The summed E-state index contributed by atoms with van der Waals surface area (Å²) in [4.78, 5) is 27.2. The molecule has 0 atom stereocenters. The van der Waals surface area contributed by atoms with E-state index in [0.29, 0.717) is 17.2 Å². The van der Waals surface area contributed by atoms with Gasteiger partial charge in [-0.2, -0.15) is 0 Å². The van der Waals surface area contributed by atoms with E-state index in [2.05, 4.69) is 5.32 Å². The predicted molar refractivity (Wildman–Crippen MR) is 120 cm³/mol. The van der Waals surface area contributed by atoms with Gasteiger partial charge in [-0.05, 0) is 47.4 Å². The highest BCUT2D eigenvalue weighted by molar-refractivity contribution is 7.80. The minimum absolute atomic E-state index is 0.00578. The quantitative estimate of drug-likeness (QED) is 0.398. The van der Waals surface area contributed by atoms with Crippen molar-refractivity contribution in [1.82, 2.24) is 5.32 Å². The van der Waals surface area contributed by atoms with E-state index in [1.807, 2.05) is 36.4 Å². The highest BCUT2D eigenvalue weighted by atomic mass is 32.1. The molecular formula is C23H18N2O4S. The number of hydrogen-bond donors (Lipinski definition) is 1. The van der Waals surface area contributed by atoms with Crippen molar-refractivity contribution in [2.75, 3.05) is 19.1 Å². The molecule has 30 heavy (non-hydrogen) atoms. The van der Waals surface area contributed by atoms with Gasteiger partial charge in [0.05, 0.1) is 19.9 Å². The van der Waals surface area contributed by atoms with Gasteiger partial charge in [-0.1, -0.05) is 42.5 Å². The largest absolute Gasteiger partial charge is 0.496 e. The van der Waals surface area contributed by atoms with Gasteiger partial charge in [0.25, 0.3) is 11.8 Å². The van der Waals surface area contributed by atoms with Crippen LogP contribution in [0.25, 0.3) is 16.8 Å². The summed E-state index contributed by atoms with van der Waals surface area (Å²) < 4.78 is 10.8. The molecule has 0 radical (unpaired) electrons. The maximum Gasteiger partial charge on any atom is 0.270 e. The molecule has 1 aliphatic heterocycles. The number of methoxy groups -OCH3 is 2. The van der Waals surface area contributed by atoms with Crippen LogP contribution < -0.4 is 19.7 Å². The average Bonchev–Trinajstić information content (AvgIpc) is 2.76. The summed E-state index contributed by atoms with van der Waals surface area (Å²) in [6.45, 7) is 0. The molecule has 1 heterocycles. The van der Waals surface area contributed by atoms with Crippen LogP contribution in [-0.4, -0.2) is 31.1 Å². The number of thiocarbonyl (C=S) groups is 1. The van der Waals surface area contributed by atoms with Gasteiger partial charge in [0.2, 0.25) is 0 Å². The third kappa shape index (κ3) is 3.29. The molecule has 0 aromatic heterocycles. The number of para-hydroxylation sites is 2. The number of ether oxygens (including phenoxy) is 2. The van der Waals surface area contributed by atoms with E-state index in [1.165, 1.54) is 12.0 Å². The second kappa shape index (κ2) is 7.96. The number of benzene rings is 3. The van der Waals surface area contributed by atoms with E-state index in [9.17, 15) is 9.59 Å². The zero-order valence-electron chi connectivity index (χ0n) is 16.3. The van der Waals surface area contributed by atoms with Gasteiger partial charge < -0.3 is 9.47 Å². The average molecular weight is 418 g/mol. The first-order chi connectivity index (χ1) is 14.5. The van der Waals surface area contributed by atoms with E-state index in [1.54, 1.807) is 37.5 Å². The smallest absolute Gasteiger partial charge is 0.270 e. The molecule has 0 bridgehead atoms. The van der Waals surface area contributed by atoms with Crippen molar-refractivity contribution in [3.05, 3.63) is 71.8 Å². The first-order valence-corrected chi connectivity index (χ1v) is 9.56. The summed E-state index contributed by atoms with van der Waals surface area (Å²) in [6, 6.07) is 18.3. The molecule has 0 saturated carbocycles. The van der Waals surface area contributed by atoms with Gasteiger partial charge >= 0.3 is 0 Å². The lowest BCUT2D eigenvalue weighted by molar-refractivity contribution is -0.122. The SMILES string of the molecule is COc1ccccc1N1C(=O)/C(=C/c2ccc(OC)c3ccccc23)C(=O)NC1=S. The Bertz CT molecular complexity index is 1220. The predicted octanol–water partition coefficient (Wildman–Crippen LogP) is 3.69. The zero-order chi connectivity index (χ0) is 21.3. The molecule has 150 valence electrons. The summed E-state index contributed by atoms with van der Waals surface area (Å²) in [6.07, 6.45) is 1.57. The van der Waals surface area contributed by atoms with Crippen molar-refractivity contribution < 1.29 is 19.1 Å². The number of anilines is 1. The zero-order valence-corrected chi connectivity index (χ0v) is 17.2. The number of fused-ring (bicyclic) bond motifs is 1. The number of carbonyl (C=O) groups is 2.